The summed E-state index contributed by atoms with van der Waals surface area (Å²) in [5, 5.41) is 18.2. The van der Waals surface area contributed by atoms with Gasteiger partial charge in [0.1, 0.15) is 6.07 Å². The topological polar surface area (TPSA) is 90.9 Å². The van der Waals surface area contributed by atoms with Gasteiger partial charge in [-0.15, -0.1) is 10.2 Å². The molecule has 1 aromatic carbocycles. The number of nitrogens with zero attached hydrogens (tertiary/aromatic N) is 7. The molecule has 1 aliphatic carbocycles. The number of aromatic nitrogens is 4. The van der Waals surface area contributed by atoms with Crippen molar-refractivity contribution in [2.45, 2.75) is 38.5 Å². The van der Waals surface area contributed by atoms with Crippen LogP contribution >= 0.6 is 11.6 Å². The summed E-state index contributed by atoms with van der Waals surface area (Å²) < 4.78 is 40.7. The van der Waals surface area contributed by atoms with E-state index in [9.17, 15) is 23.2 Å². The maximum Gasteiger partial charge on any atom is 0.451 e. The van der Waals surface area contributed by atoms with E-state index in [1.165, 1.54) is 0 Å². The molecule has 6 rings (SSSR count). The number of hydrogen-bond acceptors (Lipinski definition) is 6. The number of alkyl halides is 3. The molecule has 8 nitrogen and oxygen atoms in total. The van der Waals surface area contributed by atoms with E-state index in [0.29, 0.717) is 36.0 Å². The highest BCUT2D eigenvalue weighted by Crippen LogP contribution is 2.46. The molecule has 1 saturated carbocycles. The van der Waals surface area contributed by atoms with Crippen molar-refractivity contribution in [3.8, 4) is 6.07 Å². The Morgan fingerprint density at radius 3 is 2.68 bits per heavy atom. The van der Waals surface area contributed by atoms with Gasteiger partial charge >= 0.3 is 6.18 Å². The molecule has 12 heteroatoms. The number of fused-ring (bicyclic) bond motifs is 2. The van der Waals surface area contributed by atoms with Crippen molar-refractivity contribution in [2.24, 2.45) is 17.8 Å². The molecule has 0 unspecified atom stereocenters. The van der Waals surface area contributed by atoms with E-state index in [2.05, 4.69) is 26.2 Å². The van der Waals surface area contributed by atoms with Gasteiger partial charge in [-0.1, -0.05) is 11.6 Å². The molecule has 192 valence electrons. The van der Waals surface area contributed by atoms with E-state index >= 15 is 0 Å². The fourth-order valence-corrected chi connectivity index (χ4v) is 6.03. The molecule has 0 radical (unpaired) electrons. The number of carbonyl (C=O) groups is 1. The zero-order valence-corrected chi connectivity index (χ0v) is 20.5. The molecule has 4 heterocycles. The summed E-state index contributed by atoms with van der Waals surface area (Å²) in [7, 11) is 0. The van der Waals surface area contributed by atoms with Crippen LogP contribution in [-0.4, -0.2) is 50.2 Å². The molecule has 0 bridgehead atoms. The first kappa shape index (κ1) is 24.0. The molecule has 37 heavy (non-hydrogen) atoms. The standard InChI is InChI=1S/C25H23ClF3N7O/c26-16-3-4-20-18(9-16)22(15(10-30)11-31-20)34-6-5-17(19(12-34)14-1-2-14)23(37)35-7-8-36-21(13-35)32-33-24(36)25(27,28)29/h3-4,9,11,14,17,19H,1-2,5-8,12-13H2/t17-,19-/m0/s1. The molecule has 2 fully saturated rings. The van der Waals surface area contributed by atoms with Gasteiger partial charge in [-0.2, -0.15) is 18.4 Å². The van der Waals surface area contributed by atoms with E-state index in [1.54, 1.807) is 17.2 Å². The van der Waals surface area contributed by atoms with Crippen LogP contribution < -0.4 is 4.90 Å². The summed E-state index contributed by atoms with van der Waals surface area (Å²) in [6, 6.07) is 7.67. The summed E-state index contributed by atoms with van der Waals surface area (Å²) in [5.74, 6) is -0.641. The largest absolute Gasteiger partial charge is 0.451 e. The summed E-state index contributed by atoms with van der Waals surface area (Å²) in [6.45, 7) is 1.42. The van der Waals surface area contributed by atoms with Crippen molar-refractivity contribution >= 4 is 34.1 Å². The van der Waals surface area contributed by atoms with Gasteiger partial charge in [0.05, 0.1) is 23.3 Å². The second-order valence-corrected chi connectivity index (χ2v) is 10.4. The van der Waals surface area contributed by atoms with Crippen molar-refractivity contribution in [3.05, 3.63) is 46.6 Å². The van der Waals surface area contributed by atoms with Crippen molar-refractivity contribution in [3.63, 3.8) is 0 Å². The minimum atomic E-state index is -4.58. The van der Waals surface area contributed by atoms with Gasteiger partial charge in [0.2, 0.25) is 11.7 Å². The van der Waals surface area contributed by atoms with Gasteiger partial charge in [0, 0.05) is 48.7 Å². The van der Waals surface area contributed by atoms with Crippen LogP contribution in [0.4, 0.5) is 18.9 Å². The number of hydrogen-bond donors (Lipinski definition) is 0. The number of halogens is 4. The fourth-order valence-electron chi connectivity index (χ4n) is 5.86. The monoisotopic (exact) mass is 529 g/mol. The van der Waals surface area contributed by atoms with Crippen molar-refractivity contribution in [2.75, 3.05) is 24.5 Å². The maximum atomic E-state index is 13.7. The minimum absolute atomic E-state index is 0.0190. The molecule has 3 aliphatic rings. The lowest BCUT2D eigenvalue weighted by Crippen LogP contribution is -2.50. The second-order valence-electron chi connectivity index (χ2n) is 9.99. The smallest absolute Gasteiger partial charge is 0.370 e. The van der Waals surface area contributed by atoms with Gasteiger partial charge in [-0.3, -0.25) is 9.78 Å². The number of amides is 1. The van der Waals surface area contributed by atoms with Crippen LogP contribution in [0.3, 0.4) is 0 Å². The Bertz CT molecular complexity index is 1430. The van der Waals surface area contributed by atoms with Crippen LogP contribution in [0.25, 0.3) is 10.9 Å². The average Bonchev–Trinajstić information content (AvgIpc) is 3.64. The third-order valence-electron chi connectivity index (χ3n) is 7.76. The van der Waals surface area contributed by atoms with Crippen molar-refractivity contribution < 1.29 is 18.0 Å². The normalized spacial score (nSPS) is 22.1. The predicted molar refractivity (Wildman–Crippen MR) is 128 cm³/mol. The van der Waals surface area contributed by atoms with Crippen LogP contribution in [0.1, 0.15) is 36.5 Å². The van der Waals surface area contributed by atoms with Gasteiger partial charge < -0.3 is 14.4 Å². The Hall–Kier alpha value is -3.39. The van der Waals surface area contributed by atoms with Crippen LogP contribution in [0.15, 0.2) is 24.4 Å². The summed E-state index contributed by atoms with van der Waals surface area (Å²) >= 11 is 6.27. The number of pyridine rings is 1. The Labute approximate surface area is 215 Å². The second kappa shape index (κ2) is 8.87. The van der Waals surface area contributed by atoms with Gasteiger partial charge in [-0.25, -0.2) is 0 Å². The highest BCUT2D eigenvalue weighted by molar-refractivity contribution is 6.31. The molecule has 1 amide bonds. The summed E-state index contributed by atoms with van der Waals surface area (Å²) in [5.41, 5.74) is 2.00. The van der Waals surface area contributed by atoms with Crippen LogP contribution in [-0.2, 0) is 24.1 Å². The quantitative estimate of drug-likeness (QED) is 0.503. The Kier molecular flexibility index (Phi) is 5.75. The third kappa shape index (κ3) is 4.27. The van der Waals surface area contributed by atoms with E-state index in [4.69, 9.17) is 11.6 Å². The number of piperidine rings is 1. The molecule has 2 atom stereocenters. The molecule has 0 spiro atoms. The van der Waals surface area contributed by atoms with E-state index in [-0.39, 0.29) is 43.2 Å². The summed E-state index contributed by atoms with van der Waals surface area (Å²) in [4.78, 5) is 21.9. The number of benzene rings is 1. The van der Waals surface area contributed by atoms with Crippen molar-refractivity contribution in [1.82, 2.24) is 24.6 Å². The maximum absolute atomic E-state index is 13.7. The van der Waals surface area contributed by atoms with Crippen LogP contribution in [0.2, 0.25) is 5.02 Å². The minimum Gasteiger partial charge on any atom is -0.370 e. The fraction of sp³-hybridized carbons (Fsp3) is 0.480. The first-order valence-corrected chi connectivity index (χ1v) is 12.6. The Morgan fingerprint density at radius 1 is 1.14 bits per heavy atom. The lowest BCUT2D eigenvalue weighted by molar-refractivity contribution is -0.148. The lowest BCUT2D eigenvalue weighted by Gasteiger charge is -2.42. The van der Waals surface area contributed by atoms with Gasteiger partial charge in [0.15, 0.2) is 5.82 Å². The zero-order valence-electron chi connectivity index (χ0n) is 19.7. The molecular formula is C25H23ClF3N7O. The number of rotatable bonds is 3. The highest BCUT2D eigenvalue weighted by atomic mass is 35.5. The van der Waals surface area contributed by atoms with Crippen LogP contribution in [0.5, 0.6) is 0 Å². The summed E-state index contributed by atoms with van der Waals surface area (Å²) in [6.07, 6.45) is -0.329. The first-order valence-electron chi connectivity index (χ1n) is 12.3. The predicted octanol–water partition coefficient (Wildman–Crippen LogP) is 4.27. The molecule has 2 aromatic heterocycles. The van der Waals surface area contributed by atoms with E-state index in [1.807, 2.05) is 12.1 Å². The average molecular weight is 530 g/mol. The zero-order chi connectivity index (χ0) is 25.9. The molecule has 1 saturated heterocycles. The highest BCUT2D eigenvalue weighted by Gasteiger charge is 2.46. The first-order chi connectivity index (χ1) is 17.7. The van der Waals surface area contributed by atoms with E-state index < -0.39 is 12.0 Å². The van der Waals surface area contributed by atoms with Crippen LogP contribution in [0, 0.1) is 29.1 Å². The van der Waals surface area contributed by atoms with Gasteiger partial charge in [0.25, 0.3) is 0 Å². The van der Waals surface area contributed by atoms with Gasteiger partial charge in [-0.05, 0) is 49.3 Å². The number of nitriles is 1. The Morgan fingerprint density at radius 2 is 1.95 bits per heavy atom. The lowest BCUT2D eigenvalue weighted by atomic mass is 9.80. The molecule has 2 aliphatic heterocycles. The number of anilines is 1. The van der Waals surface area contributed by atoms with Crippen molar-refractivity contribution in [1.29, 1.82) is 5.26 Å². The molecule has 0 N–H and O–H groups in total. The van der Waals surface area contributed by atoms with E-state index in [0.717, 1.165) is 34.0 Å². The molecule has 3 aromatic rings. The molecular weight excluding hydrogens is 507 g/mol. The number of carbonyl (C=O) groups excluding carboxylic acids is 1. The SMILES string of the molecule is N#Cc1cnc2ccc(Cl)cc2c1N1CC[C@H](C(=O)N2CCn3c(nnc3C(F)(F)F)C2)[C@H](C2CC2)C1. The Balaban J connectivity index is 1.25. The third-order valence-corrected chi connectivity index (χ3v) is 7.99.